The quantitative estimate of drug-likeness (QED) is 0.644. The molecule has 0 aliphatic carbocycles. The summed E-state index contributed by atoms with van der Waals surface area (Å²) in [4.78, 5) is 16.3. The molecule has 5 heteroatoms. The molecule has 3 aromatic rings. The number of ether oxygens (including phenoxy) is 1. The van der Waals surface area contributed by atoms with E-state index in [9.17, 15) is 4.79 Å². The number of carbonyl (C=O) groups excluding carboxylic acids is 1. The second-order valence-corrected chi connectivity index (χ2v) is 5.48. The summed E-state index contributed by atoms with van der Waals surface area (Å²) in [6.07, 6.45) is 0. The molecule has 0 amide bonds. The predicted octanol–water partition coefficient (Wildman–Crippen LogP) is 4.56. The molecule has 0 atom stereocenters. The lowest BCUT2D eigenvalue weighted by molar-refractivity contribution is 0.0595. The number of hydrogen-bond acceptors (Lipinski definition) is 4. The highest BCUT2D eigenvalue weighted by molar-refractivity contribution is 9.10. The van der Waals surface area contributed by atoms with Crippen LogP contribution in [0.5, 0.6) is 0 Å². The summed E-state index contributed by atoms with van der Waals surface area (Å²) >= 11 is 3.41. The van der Waals surface area contributed by atoms with Crippen molar-refractivity contribution in [2.75, 3.05) is 7.11 Å². The molecule has 0 saturated heterocycles. The Labute approximate surface area is 135 Å². The molecule has 0 radical (unpaired) electrons. The fourth-order valence-electron chi connectivity index (χ4n) is 2.09. The van der Waals surface area contributed by atoms with Crippen LogP contribution in [0.25, 0.3) is 22.8 Å². The SMILES string of the molecule is COC(=O)c1nc(-c2cccc(Br)c2)oc1-c1ccccc1. The van der Waals surface area contributed by atoms with Crippen LogP contribution in [-0.2, 0) is 4.74 Å². The highest BCUT2D eigenvalue weighted by Gasteiger charge is 2.22. The summed E-state index contributed by atoms with van der Waals surface area (Å²) in [6, 6.07) is 16.9. The van der Waals surface area contributed by atoms with Crippen molar-refractivity contribution >= 4 is 21.9 Å². The molecule has 0 N–H and O–H groups in total. The molecule has 0 bridgehead atoms. The number of aromatic nitrogens is 1. The van der Waals surface area contributed by atoms with Gasteiger partial charge < -0.3 is 9.15 Å². The Kier molecular flexibility index (Phi) is 4.06. The number of hydrogen-bond donors (Lipinski definition) is 0. The second kappa shape index (κ2) is 6.15. The van der Waals surface area contributed by atoms with Gasteiger partial charge in [0.25, 0.3) is 0 Å². The Balaban J connectivity index is 2.15. The van der Waals surface area contributed by atoms with Gasteiger partial charge in [-0.05, 0) is 18.2 Å². The Morgan fingerprint density at radius 3 is 2.50 bits per heavy atom. The second-order valence-electron chi connectivity index (χ2n) is 4.56. The number of benzene rings is 2. The number of esters is 1. The van der Waals surface area contributed by atoms with Crippen molar-refractivity contribution in [1.29, 1.82) is 0 Å². The summed E-state index contributed by atoms with van der Waals surface area (Å²) in [6.45, 7) is 0. The maximum atomic E-state index is 12.0. The number of methoxy groups -OCH3 is 1. The summed E-state index contributed by atoms with van der Waals surface area (Å²) < 4.78 is 11.5. The van der Waals surface area contributed by atoms with Crippen LogP contribution in [0.4, 0.5) is 0 Å². The van der Waals surface area contributed by atoms with Gasteiger partial charge in [0.1, 0.15) is 0 Å². The highest BCUT2D eigenvalue weighted by atomic mass is 79.9. The van der Waals surface area contributed by atoms with E-state index in [-0.39, 0.29) is 5.69 Å². The average molecular weight is 358 g/mol. The summed E-state index contributed by atoms with van der Waals surface area (Å²) in [7, 11) is 1.32. The average Bonchev–Trinajstić information content (AvgIpc) is 3.00. The normalized spacial score (nSPS) is 10.5. The molecular formula is C17H12BrNO3. The first kappa shape index (κ1) is 14.5. The van der Waals surface area contributed by atoms with Crippen LogP contribution >= 0.6 is 15.9 Å². The van der Waals surface area contributed by atoms with Gasteiger partial charge in [-0.15, -0.1) is 0 Å². The molecule has 0 spiro atoms. The molecule has 22 heavy (non-hydrogen) atoms. The summed E-state index contributed by atoms with van der Waals surface area (Å²) in [5.74, 6) is 0.256. The van der Waals surface area contributed by atoms with E-state index >= 15 is 0 Å². The number of oxazole rings is 1. The zero-order valence-corrected chi connectivity index (χ0v) is 13.3. The van der Waals surface area contributed by atoms with E-state index in [1.165, 1.54) is 7.11 Å². The molecule has 2 aromatic carbocycles. The van der Waals surface area contributed by atoms with Gasteiger partial charge in [-0.1, -0.05) is 52.3 Å². The third kappa shape index (κ3) is 2.80. The van der Waals surface area contributed by atoms with Gasteiger partial charge in [-0.25, -0.2) is 9.78 Å². The molecule has 0 aliphatic heterocycles. The molecular weight excluding hydrogens is 346 g/mol. The fourth-order valence-corrected chi connectivity index (χ4v) is 2.48. The zero-order chi connectivity index (χ0) is 15.5. The molecule has 0 aliphatic rings. The van der Waals surface area contributed by atoms with E-state index in [2.05, 4.69) is 20.9 Å². The molecule has 0 unspecified atom stereocenters. The zero-order valence-electron chi connectivity index (χ0n) is 11.7. The van der Waals surface area contributed by atoms with Crippen molar-refractivity contribution in [1.82, 2.24) is 4.98 Å². The molecule has 110 valence electrons. The molecule has 1 aromatic heterocycles. The van der Waals surface area contributed by atoms with Gasteiger partial charge in [0, 0.05) is 15.6 Å². The number of carbonyl (C=O) groups is 1. The third-order valence-electron chi connectivity index (χ3n) is 3.11. The summed E-state index contributed by atoms with van der Waals surface area (Å²) in [5.41, 5.74) is 1.72. The van der Waals surface area contributed by atoms with E-state index < -0.39 is 5.97 Å². The number of nitrogens with zero attached hydrogens (tertiary/aromatic N) is 1. The van der Waals surface area contributed by atoms with Crippen LogP contribution < -0.4 is 0 Å². The van der Waals surface area contributed by atoms with Crippen LogP contribution in [0.15, 0.2) is 63.5 Å². The van der Waals surface area contributed by atoms with Crippen molar-refractivity contribution in [2.24, 2.45) is 0 Å². The van der Waals surface area contributed by atoms with Gasteiger partial charge >= 0.3 is 5.97 Å². The van der Waals surface area contributed by atoms with Crippen molar-refractivity contribution in [3.63, 3.8) is 0 Å². The minimum atomic E-state index is -0.524. The fraction of sp³-hybridized carbons (Fsp3) is 0.0588. The van der Waals surface area contributed by atoms with Gasteiger partial charge in [-0.2, -0.15) is 0 Å². The van der Waals surface area contributed by atoms with Gasteiger partial charge in [-0.3, -0.25) is 0 Å². The van der Waals surface area contributed by atoms with Crippen LogP contribution in [0.1, 0.15) is 10.5 Å². The third-order valence-corrected chi connectivity index (χ3v) is 3.61. The van der Waals surface area contributed by atoms with Gasteiger partial charge in [0.2, 0.25) is 5.89 Å². The topological polar surface area (TPSA) is 52.3 Å². The van der Waals surface area contributed by atoms with Crippen molar-refractivity contribution < 1.29 is 13.9 Å². The predicted molar refractivity (Wildman–Crippen MR) is 86.4 cm³/mol. The Hall–Kier alpha value is -2.40. The first-order valence-corrected chi connectivity index (χ1v) is 7.39. The highest BCUT2D eigenvalue weighted by Crippen LogP contribution is 2.31. The van der Waals surface area contributed by atoms with Crippen LogP contribution in [0, 0.1) is 0 Å². The molecule has 0 saturated carbocycles. The minimum absolute atomic E-state index is 0.170. The molecule has 0 fully saturated rings. The monoisotopic (exact) mass is 357 g/mol. The Morgan fingerprint density at radius 1 is 1.09 bits per heavy atom. The lowest BCUT2D eigenvalue weighted by Crippen LogP contribution is -2.03. The van der Waals surface area contributed by atoms with Crippen LogP contribution in [-0.4, -0.2) is 18.1 Å². The van der Waals surface area contributed by atoms with E-state index in [0.29, 0.717) is 11.7 Å². The Morgan fingerprint density at radius 2 is 1.82 bits per heavy atom. The van der Waals surface area contributed by atoms with Gasteiger partial charge in [0.15, 0.2) is 11.5 Å². The number of rotatable bonds is 3. The van der Waals surface area contributed by atoms with Crippen LogP contribution in [0.3, 0.4) is 0 Å². The molecule has 4 nitrogen and oxygen atoms in total. The molecule has 3 rings (SSSR count). The van der Waals surface area contributed by atoms with Gasteiger partial charge in [0.05, 0.1) is 7.11 Å². The standard InChI is InChI=1S/C17H12BrNO3/c1-21-17(20)14-15(11-6-3-2-4-7-11)22-16(19-14)12-8-5-9-13(18)10-12/h2-10H,1H3. The summed E-state index contributed by atoms with van der Waals surface area (Å²) in [5, 5.41) is 0. The number of halogens is 1. The lowest BCUT2D eigenvalue weighted by atomic mass is 10.1. The lowest BCUT2D eigenvalue weighted by Gasteiger charge is -1.99. The first-order valence-electron chi connectivity index (χ1n) is 6.59. The van der Waals surface area contributed by atoms with E-state index in [4.69, 9.17) is 9.15 Å². The van der Waals surface area contributed by atoms with Crippen molar-refractivity contribution in [3.8, 4) is 22.8 Å². The van der Waals surface area contributed by atoms with Crippen LogP contribution in [0.2, 0.25) is 0 Å². The largest absolute Gasteiger partial charge is 0.464 e. The Bertz CT molecular complexity index is 812. The van der Waals surface area contributed by atoms with E-state index in [1.807, 2.05) is 54.6 Å². The van der Waals surface area contributed by atoms with Crippen molar-refractivity contribution in [2.45, 2.75) is 0 Å². The maximum absolute atomic E-state index is 12.0. The smallest absolute Gasteiger partial charge is 0.360 e. The van der Waals surface area contributed by atoms with E-state index in [0.717, 1.165) is 15.6 Å². The molecule has 1 heterocycles. The first-order chi connectivity index (χ1) is 10.7. The maximum Gasteiger partial charge on any atom is 0.360 e. The minimum Gasteiger partial charge on any atom is -0.464 e. The van der Waals surface area contributed by atoms with Crippen molar-refractivity contribution in [3.05, 3.63) is 64.8 Å². The van der Waals surface area contributed by atoms with E-state index in [1.54, 1.807) is 0 Å².